The number of rotatable bonds is 10. The predicted molar refractivity (Wildman–Crippen MR) is 139 cm³/mol. The molecule has 0 saturated carbocycles. The Morgan fingerprint density at radius 2 is 1.42 bits per heavy atom. The van der Waals surface area contributed by atoms with E-state index in [9.17, 15) is 14.9 Å². The first-order chi connectivity index (χ1) is 17.4. The molecular formula is C27H26N2O7. The molecule has 0 aliphatic carbocycles. The number of ether oxygens (including phenoxy) is 4. The molecule has 0 radical (unpaired) electrons. The van der Waals surface area contributed by atoms with Crippen molar-refractivity contribution in [1.29, 1.82) is 0 Å². The summed E-state index contributed by atoms with van der Waals surface area (Å²) < 4.78 is 21.6. The van der Waals surface area contributed by atoms with Gasteiger partial charge in [-0.2, -0.15) is 0 Å². The van der Waals surface area contributed by atoms with Crippen LogP contribution in [0.5, 0.6) is 23.0 Å². The van der Waals surface area contributed by atoms with Gasteiger partial charge in [-0.25, -0.2) is 0 Å². The van der Waals surface area contributed by atoms with Crippen molar-refractivity contribution in [2.24, 2.45) is 0 Å². The fourth-order valence-electron chi connectivity index (χ4n) is 3.44. The SMILES string of the molecule is COc1cc(/C=C/c2cc(OC)c(OC)c(OC)c2)ccc1NC(=O)/C=C/c1ccccc1[N+](=O)[O-]. The van der Waals surface area contributed by atoms with E-state index in [0.717, 1.165) is 11.1 Å². The van der Waals surface area contributed by atoms with Gasteiger partial charge < -0.3 is 24.3 Å². The second-order valence-corrected chi connectivity index (χ2v) is 7.39. The number of nitrogens with zero attached hydrogens (tertiary/aromatic N) is 1. The number of anilines is 1. The number of hydrogen-bond acceptors (Lipinski definition) is 7. The molecule has 0 aliphatic rings. The Labute approximate surface area is 208 Å². The van der Waals surface area contributed by atoms with Gasteiger partial charge in [0.25, 0.3) is 5.69 Å². The number of amides is 1. The van der Waals surface area contributed by atoms with E-state index in [2.05, 4.69) is 5.32 Å². The van der Waals surface area contributed by atoms with Gasteiger partial charge in [-0.05, 0) is 47.5 Å². The minimum absolute atomic E-state index is 0.0811. The minimum Gasteiger partial charge on any atom is -0.495 e. The highest BCUT2D eigenvalue weighted by Gasteiger charge is 2.13. The number of carbonyl (C=O) groups excluding carboxylic acids is 1. The van der Waals surface area contributed by atoms with Crippen LogP contribution in [0, 0.1) is 10.1 Å². The Balaban J connectivity index is 1.77. The maximum absolute atomic E-state index is 12.4. The van der Waals surface area contributed by atoms with Crippen LogP contribution >= 0.6 is 0 Å². The average Bonchev–Trinajstić information content (AvgIpc) is 2.90. The van der Waals surface area contributed by atoms with Crippen molar-refractivity contribution in [1.82, 2.24) is 0 Å². The van der Waals surface area contributed by atoms with Crippen LogP contribution in [0.1, 0.15) is 16.7 Å². The highest BCUT2D eigenvalue weighted by molar-refractivity contribution is 6.03. The molecule has 0 aromatic heterocycles. The Bertz CT molecular complexity index is 1290. The molecule has 9 heteroatoms. The van der Waals surface area contributed by atoms with Crippen molar-refractivity contribution in [3.8, 4) is 23.0 Å². The van der Waals surface area contributed by atoms with Crippen molar-refractivity contribution < 1.29 is 28.7 Å². The van der Waals surface area contributed by atoms with E-state index in [-0.39, 0.29) is 5.69 Å². The molecule has 3 aromatic rings. The smallest absolute Gasteiger partial charge is 0.276 e. The first-order valence-corrected chi connectivity index (χ1v) is 10.8. The first-order valence-electron chi connectivity index (χ1n) is 10.8. The van der Waals surface area contributed by atoms with Crippen molar-refractivity contribution in [3.05, 3.63) is 87.5 Å². The summed E-state index contributed by atoms with van der Waals surface area (Å²) in [6, 6.07) is 15.1. The van der Waals surface area contributed by atoms with Crippen molar-refractivity contribution in [2.75, 3.05) is 33.8 Å². The summed E-state index contributed by atoms with van der Waals surface area (Å²) in [6.45, 7) is 0. The fraction of sp³-hybridized carbons (Fsp3) is 0.148. The highest BCUT2D eigenvalue weighted by Crippen LogP contribution is 2.38. The molecule has 36 heavy (non-hydrogen) atoms. The summed E-state index contributed by atoms with van der Waals surface area (Å²) in [5.74, 6) is 1.60. The van der Waals surface area contributed by atoms with Gasteiger partial charge in [0.05, 0.1) is 44.6 Å². The maximum Gasteiger partial charge on any atom is 0.276 e. The van der Waals surface area contributed by atoms with Crippen molar-refractivity contribution in [3.63, 3.8) is 0 Å². The van der Waals surface area contributed by atoms with Crippen LogP contribution in [0.3, 0.4) is 0 Å². The predicted octanol–water partition coefficient (Wildman–Crippen LogP) is 5.45. The lowest BCUT2D eigenvalue weighted by molar-refractivity contribution is -0.385. The summed E-state index contributed by atoms with van der Waals surface area (Å²) in [6.07, 6.45) is 6.39. The molecule has 0 aliphatic heterocycles. The molecule has 0 unspecified atom stereocenters. The molecule has 0 bridgehead atoms. The molecule has 0 saturated heterocycles. The van der Waals surface area contributed by atoms with E-state index in [1.807, 2.05) is 30.4 Å². The Hall–Kier alpha value is -4.79. The number of nitro benzene ring substituents is 1. The van der Waals surface area contributed by atoms with E-state index < -0.39 is 10.8 Å². The third kappa shape index (κ3) is 6.20. The van der Waals surface area contributed by atoms with Gasteiger partial charge in [0.15, 0.2) is 11.5 Å². The Morgan fingerprint density at radius 1 is 0.806 bits per heavy atom. The minimum atomic E-state index is -0.495. The lowest BCUT2D eigenvalue weighted by Gasteiger charge is -2.13. The number of benzene rings is 3. The molecule has 3 rings (SSSR count). The fourth-order valence-corrected chi connectivity index (χ4v) is 3.44. The van der Waals surface area contributed by atoms with Gasteiger partial charge in [-0.1, -0.05) is 30.4 Å². The van der Waals surface area contributed by atoms with Crippen LogP contribution in [-0.4, -0.2) is 39.3 Å². The zero-order chi connectivity index (χ0) is 26.1. The third-order valence-electron chi connectivity index (χ3n) is 5.19. The summed E-state index contributed by atoms with van der Waals surface area (Å²) in [4.78, 5) is 23.1. The largest absolute Gasteiger partial charge is 0.495 e. The molecule has 0 heterocycles. The quantitative estimate of drug-likeness (QED) is 0.174. The van der Waals surface area contributed by atoms with Crippen LogP contribution < -0.4 is 24.3 Å². The summed E-state index contributed by atoms with van der Waals surface area (Å²) >= 11 is 0. The van der Waals surface area contributed by atoms with Crippen LogP contribution in [0.2, 0.25) is 0 Å². The zero-order valence-corrected chi connectivity index (χ0v) is 20.3. The van der Waals surface area contributed by atoms with Gasteiger partial charge in [0, 0.05) is 12.1 Å². The van der Waals surface area contributed by atoms with Crippen LogP contribution in [0.15, 0.2) is 60.7 Å². The maximum atomic E-state index is 12.4. The monoisotopic (exact) mass is 490 g/mol. The molecule has 0 atom stereocenters. The van der Waals surface area contributed by atoms with Gasteiger partial charge in [0.1, 0.15) is 5.75 Å². The normalized spacial score (nSPS) is 10.9. The molecular weight excluding hydrogens is 464 g/mol. The highest BCUT2D eigenvalue weighted by atomic mass is 16.6. The zero-order valence-electron chi connectivity index (χ0n) is 20.3. The third-order valence-corrected chi connectivity index (χ3v) is 5.19. The standard InChI is InChI=1S/C27H26N2O7/c1-33-23-15-18(9-10-19-16-24(34-2)27(36-4)25(17-19)35-3)11-13-21(23)28-26(30)14-12-20-7-5-6-8-22(20)29(31)32/h5-17H,1-4H3,(H,28,30)/b10-9+,14-12+. The number of nitrogens with one attached hydrogen (secondary N) is 1. The van der Waals surface area contributed by atoms with Gasteiger partial charge >= 0.3 is 0 Å². The second-order valence-electron chi connectivity index (χ2n) is 7.39. The van der Waals surface area contributed by atoms with Gasteiger partial charge in [0.2, 0.25) is 11.7 Å². The van der Waals surface area contributed by atoms with Gasteiger partial charge in [-0.3, -0.25) is 14.9 Å². The molecule has 1 amide bonds. The molecule has 0 spiro atoms. The number of para-hydroxylation sites is 1. The van der Waals surface area contributed by atoms with Gasteiger partial charge in [-0.15, -0.1) is 0 Å². The lowest BCUT2D eigenvalue weighted by Crippen LogP contribution is -2.09. The topological polar surface area (TPSA) is 109 Å². The molecule has 0 fully saturated rings. The Kier molecular flexibility index (Phi) is 8.66. The number of nitro groups is 1. The molecule has 1 N–H and O–H groups in total. The summed E-state index contributed by atoms with van der Waals surface area (Å²) in [5, 5.41) is 13.9. The van der Waals surface area contributed by atoms with Crippen LogP contribution in [0.25, 0.3) is 18.2 Å². The summed E-state index contributed by atoms with van der Waals surface area (Å²) in [5.41, 5.74) is 2.37. The summed E-state index contributed by atoms with van der Waals surface area (Å²) in [7, 11) is 6.16. The molecule has 186 valence electrons. The van der Waals surface area contributed by atoms with E-state index in [0.29, 0.717) is 34.2 Å². The van der Waals surface area contributed by atoms with Crippen molar-refractivity contribution in [2.45, 2.75) is 0 Å². The van der Waals surface area contributed by atoms with E-state index in [1.165, 1.54) is 25.3 Å². The first kappa shape index (κ1) is 25.8. The van der Waals surface area contributed by atoms with Crippen molar-refractivity contribution >= 4 is 35.5 Å². The van der Waals surface area contributed by atoms with E-state index >= 15 is 0 Å². The van der Waals surface area contributed by atoms with Crippen LogP contribution in [-0.2, 0) is 4.79 Å². The average molecular weight is 491 g/mol. The van der Waals surface area contributed by atoms with E-state index in [1.54, 1.807) is 51.7 Å². The van der Waals surface area contributed by atoms with E-state index in [4.69, 9.17) is 18.9 Å². The molecule has 3 aromatic carbocycles. The number of hydrogen-bond donors (Lipinski definition) is 1. The molecule has 9 nitrogen and oxygen atoms in total. The number of methoxy groups -OCH3 is 4. The van der Waals surface area contributed by atoms with Crippen LogP contribution in [0.4, 0.5) is 11.4 Å². The lowest BCUT2D eigenvalue weighted by atomic mass is 10.1. The number of carbonyl (C=O) groups is 1. The second kappa shape index (κ2) is 12.1. The Morgan fingerprint density at radius 3 is 2.03 bits per heavy atom.